The van der Waals surface area contributed by atoms with Crippen molar-refractivity contribution in [2.45, 2.75) is 33.2 Å². The molecule has 0 unspecified atom stereocenters. The van der Waals surface area contributed by atoms with Gasteiger partial charge in [-0.2, -0.15) is 4.39 Å². The molecular weight excluding hydrogens is 235 g/mol. The third kappa shape index (κ3) is 2.36. The maximum absolute atomic E-state index is 13.7. The number of amides is 1. The van der Waals surface area contributed by atoms with E-state index >= 15 is 0 Å². The van der Waals surface area contributed by atoms with Crippen LogP contribution >= 0.6 is 0 Å². The van der Waals surface area contributed by atoms with Crippen LogP contribution in [0.25, 0.3) is 0 Å². The normalized spacial score (nSPS) is 20.2. The predicted octanol–water partition coefficient (Wildman–Crippen LogP) is 2.47. The van der Waals surface area contributed by atoms with Crippen LogP contribution in [0.4, 0.5) is 4.39 Å². The first-order valence-corrected chi connectivity index (χ1v) is 5.98. The maximum atomic E-state index is 13.7. The molecule has 0 radical (unpaired) electrons. The van der Waals surface area contributed by atoms with Gasteiger partial charge >= 0.3 is 0 Å². The summed E-state index contributed by atoms with van der Waals surface area (Å²) >= 11 is 0. The Morgan fingerprint density at radius 2 is 2.28 bits per heavy atom. The molecule has 1 fully saturated rings. The van der Waals surface area contributed by atoms with E-state index in [2.05, 4.69) is 4.98 Å². The molecule has 0 saturated carbocycles. The molecule has 5 heteroatoms. The lowest BCUT2D eigenvalue weighted by Gasteiger charge is -2.29. The van der Waals surface area contributed by atoms with E-state index in [0.717, 1.165) is 0 Å². The van der Waals surface area contributed by atoms with Crippen molar-refractivity contribution >= 4 is 5.91 Å². The Kier molecular flexibility index (Phi) is 3.34. The van der Waals surface area contributed by atoms with E-state index < -0.39 is 11.4 Å². The molecule has 0 N–H and O–H groups in total. The molecule has 98 valence electrons. The zero-order valence-corrected chi connectivity index (χ0v) is 10.8. The zero-order chi connectivity index (χ0) is 13.3. The SMILES string of the molecule is CC(C)(C)C(=O)N1OCC[C@@H]1c1cccnc1F. The third-order valence-electron chi connectivity index (χ3n) is 2.89. The molecule has 1 aliphatic rings. The predicted molar refractivity (Wildman–Crippen MR) is 63.8 cm³/mol. The standard InChI is InChI=1S/C13H17FN2O2/c1-13(2,3)12(17)16-10(6-8-18-16)9-5-4-7-15-11(9)14/h4-5,7,10H,6,8H2,1-3H3/t10-/m1/s1. The molecule has 0 aliphatic carbocycles. The van der Waals surface area contributed by atoms with Crippen LogP contribution in [0.2, 0.25) is 0 Å². The molecule has 2 rings (SSSR count). The number of hydrogen-bond acceptors (Lipinski definition) is 3. The van der Waals surface area contributed by atoms with Gasteiger partial charge in [0.25, 0.3) is 5.91 Å². The first-order chi connectivity index (χ1) is 8.41. The summed E-state index contributed by atoms with van der Waals surface area (Å²) in [6.45, 7) is 5.86. The molecule has 0 aromatic carbocycles. The highest BCUT2D eigenvalue weighted by molar-refractivity contribution is 5.81. The summed E-state index contributed by atoms with van der Waals surface area (Å²) in [6.07, 6.45) is 1.98. The minimum Gasteiger partial charge on any atom is -0.272 e. The minimum absolute atomic E-state index is 0.145. The van der Waals surface area contributed by atoms with E-state index in [4.69, 9.17) is 4.84 Å². The average Bonchev–Trinajstić information content (AvgIpc) is 2.76. The number of hydrogen-bond donors (Lipinski definition) is 0. The van der Waals surface area contributed by atoms with Gasteiger partial charge in [0, 0.05) is 23.6 Å². The van der Waals surface area contributed by atoms with Gasteiger partial charge in [-0.1, -0.05) is 26.8 Å². The first-order valence-electron chi connectivity index (χ1n) is 5.98. The van der Waals surface area contributed by atoms with E-state index in [0.29, 0.717) is 18.6 Å². The molecule has 1 aliphatic heterocycles. The highest BCUT2D eigenvalue weighted by atomic mass is 19.1. The third-order valence-corrected chi connectivity index (χ3v) is 2.89. The van der Waals surface area contributed by atoms with Crippen molar-refractivity contribution < 1.29 is 14.0 Å². The Labute approximate surface area is 106 Å². The fourth-order valence-corrected chi connectivity index (χ4v) is 1.93. The van der Waals surface area contributed by atoms with Gasteiger partial charge in [-0.15, -0.1) is 0 Å². The quantitative estimate of drug-likeness (QED) is 0.721. The number of carbonyl (C=O) groups is 1. The highest BCUT2D eigenvalue weighted by Crippen LogP contribution is 2.34. The number of hydroxylamine groups is 2. The average molecular weight is 252 g/mol. The largest absolute Gasteiger partial charge is 0.272 e. The zero-order valence-electron chi connectivity index (χ0n) is 10.8. The van der Waals surface area contributed by atoms with Crippen LogP contribution in [0.1, 0.15) is 38.8 Å². The fourth-order valence-electron chi connectivity index (χ4n) is 1.93. The Balaban J connectivity index is 2.29. The maximum Gasteiger partial charge on any atom is 0.252 e. The Bertz CT molecular complexity index is 457. The van der Waals surface area contributed by atoms with Crippen molar-refractivity contribution in [3.8, 4) is 0 Å². The number of nitrogens with zero attached hydrogens (tertiary/aromatic N) is 2. The van der Waals surface area contributed by atoms with Crippen LogP contribution in [0, 0.1) is 11.4 Å². The Hall–Kier alpha value is -1.49. The molecule has 1 saturated heterocycles. The van der Waals surface area contributed by atoms with Crippen LogP contribution in [-0.4, -0.2) is 22.6 Å². The summed E-state index contributed by atoms with van der Waals surface area (Å²) in [5.41, 5.74) is -0.144. The highest BCUT2D eigenvalue weighted by Gasteiger charge is 2.38. The Morgan fingerprint density at radius 1 is 1.56 bits per heavy atom. The van der Waals surface area contributed by atoms with Crippen molar-refractivity contribution in [2.75, 3.05) is 6.61 Å². The summed E-state index contributed by atoms with van der Waals surface area (Å²) < 4.78 is 13.7. The van der Waals surface area contributed by atoms with Crippen LogP contribution in [-0.2, 0) is 9.63 Å². The van der Waals surface area contributed by atoms with E-state index in [1.807, 2.05) is 20.8 Å². The van der Waals surface area contributed by atoms with Crippen molar-refractivity contribution in [2.24, 2.45) is 5.41 Å². The van der Waals surface area contributed by atoms with Gasteiger partial charge in [0.2, 0.25) is 5.95 Å². The molecule has 0 bridgehead atoms. The van der Waals surface area contributed by atoms with Gasteiger partial charge < -0.3 is 0 Å². The summed E-state index contributed by atoms with van der Waals surface area (Å²) in [4.78, 5) is 21.2. The van der Waals surface area contributed by atoms with E-state index in [-0.39, 0.29) is 11.9 Å². The molecule has 0 spiro atoms. The van der Waals surface area contributed by atoms with Gasteiger partial charge in [0.05, 0.1) is 12.6 Å². The van der Waals surface area contributed by atoms with Crippen LogP contribution in [0.15, 0.2) is 18.3 Å². The number of rotatable bonds is 1. The minimum atomic E-state index is -0.554. The van der Waals surface area contributed by atoms with Crippen LogP contribution in [0.5, 0.6) is 0 Å². The lowest BCUT2D eigenvalue weighted by atomic mass is 9.94. The molecule has 1 amide bonds. The smallest absolute Gasteiger partial charge is 0.252 e. The lowest BCUT2D eigenvalue weighted by Crippen LogP contribution is -2.38. The summed E-state index contributed by atoms with van der Waals surface area (Å²) in [7, 11) is 0. The second-order valence-electron chi connectivity index (χ2n) is 5.40. The molecular formula is C13H17FN2O2. The topological polar surface area (TPSA) is 42.4 Å². The molecule has 2 heterocycles. The molecule has 4 nitrogen and oxygen atoms in total. The monoisotopic (exact) mass is 252 g/mol. The second kappa shape index (κ2) is 4.65. The van der Waals surface area contributed by atoms with Gasteiger partial charge in [-0.3, -0.25) is 9.63 Å². The fraction of sp³-hybridized carbons (Fsp3) is 0.538. The molecule has 1 aromatic heterocycles. The van der Waals surface area contributed by atoms with Gasteiger partial charge in [-0.25, -0.2) is 10.0 Å². The summed E-state index contributed by atoms with van der Waals surface area (Å²) in [5.74, 6) is -0.687. The van der Waals surface area contributed by atoms with E-state index in [9.17, 15) is 9.18 Å². The summed E-state index contributed by atoms with van der Waals surface area (Å²) in [6, 6.07) is 2.92. The van der Waals surface area contributed by atoms with Crippen molar-refractivity contribution in [1.29, 1.82) is 0 Å². The van der Waals surface area contributed by atoms with Crippen LogP contribution in [0.3, 0.4) is 0 Å². The van der Waals surface area contributed by atoms with Gasteiger partial charge in [0.15, 0.2) is 0 Å². The Morgan fingerprint density at radius 3 is 2.89 bits per heavy atom. The second-order valence-corrected chi connectivity index (χ2v) is 5.40. The van der Waals surface area contributed by atoms with E-state index in [1.54, 1.807) is 12.1 Å². The van der Waals surface area contributed by atoms with Crippen molar-refractivity contribution in [1.82, 2.24) is 10.0 Å². The van der Waals surface area contributed by atoms with Crippen molar-refractivity contribution in [3.05, 3.63) is 29.8 Å². The molecule has 1 aromatic rings. The number of carbonyl (C=O) groups excluding carboxylic acids is 1. The summed E-state index contributed by atoms with van der Waals surface area (Å²) in [5, 5.41) is 1.29. The van der Waals surface area contributed by atoms with Gasteiger partial charge in [0.1, 0.15) is 0 Å². The van der Waals surface area contributed by atoms with Gasteiger partial charge in [-0.05, 0) is 6.07 Å². The number of aromatic nitrogens is 1. The molecule has 18 heavy (non-hydrogen) atoms. The molecule has 1 atom stereocenters. The van der Waals surface area contributed by atoms with Crippen LogP contribution < -0.4 is 0 Å². The number of halogens is 1. The van der Waals surface area contributed by atoms with Crippen molar-refractivity contribution in [3.63, 3.8) is 0 Å². The lowest BCUT2D eigenvalue weighted by molar-refractivity contribution is -0.186. The number of pyridine rings is 1. The first kappa shape index (κ1) is 13.0. The van der Waals surface area contributed by atoms with E-state index in [1.165, 1.54) is 11.3 Å².